The number of benzene rings is 1. The van der Waals surface area contributed by atoms with Gasteiger partial charge in [-0.15, -0.1) is 13.2 Å². The van der Waals surface area contributed by atoms with Crippen molar-refractivity contribution in [2.24, 2.45) is 5.92 Å². The molecule has 0 saturated carbocycles. The molecule has 1 aromatic carbocycles. The van der Waals surface area contributed by atoms with Crippen LogP contribution in [0.25, 0.3) is 0 Å². The maximum atomic E-state index is 12.0. The molecule has 0 radical (unpaired) electrons. The van der Waals surface area contributed by atoms with E-state index in [1.807, 2.05) is 0 Å². The summed E-state index contributed by atoms with van der Waals surface area (Å²) in [4.78, 5) is 0. The van der Waals surface area contributed by atoms with Gasteiger partial charge in [0.05, 0.1) is 12.0 Å². The van der Waals surface area contributed by atoms with Gasteiger partial charge in [0.25, 0.3) is 0 Å². The lowest BCUT2D eigenvalue weighted by atomic mass is 10.2. The minimum Gasteiger partial charge on any atom is -0.406 e. The Morgan fingerprint density at radius 1 is 1.44 bits per heavy atom. The number of rotatable bonds is 5. The highest BCUT2D eigenvalue weighted by molar-refractivity contribution is 5.28. The van der Waals surface area contributed by atoms with E-state index in [1.165, 1.54) is 18.2 Å². The monoisotopic (exact) mass is 258 g/mol. The Kier molecular flexibility index (Phi) is 4.98. The summed E-state index contributed by atoms with van der Waals surface area (Å²) in [5.41, 5.74) is 0.668. The van der Waals surface area contributed by atoms with E-state index < -0.39 is 6.36 Å². The zero-order valence-electron chi connectivity index (χ0n) is 9.79. The van der Waals surface area contributed by atoms with Crippen molar-refractivity contribution >= 4 is 0 Å². The van der Waals surface area contributed by atoms with E-state index >= 15 is 0 Å². The second-order valence-corrected chi connectivity index (χ2v) is 3.86. The van der Waals surface area contributed by atoms with Crippen LogP contribution in [0.1, 0.15) is 12.5 Å². The van der Waals surface area contributed by atoms with Crippen LogP contribution in [0.4, 0.5) is 13.2 Å². The average Bonchev–Trinajstić information content (AvgIpc) is 2.27. The third kappa shape index (κ3) is 5.55. The van der Waals surface area contributed by atoms with Crippen molar-refractivity contribution in [3.05, 3.63) is 29.8 Å². The van der Waals surface area contributed by atoms with Crippen molar-refractivity contribution in [2.45, 2.75) is 19.8 Å². The van der Waals surface area contributed by atoms with Crippen molar-refractivity contribution in [3.63, 3.8) is 0 Å². The highest BCUT2D eigenvalue weighted by atomic mass is 19.4. The molecule has 0 aromatic heterocycles. The molecule has 0 spiro atoms. The number of hydrogen-bond acceptors (Lipinski definition) is 3. The van der Waals surface area contributed by atoms with E-state index in [-0.39, 0.29) is 11.7 Å². The molecule has 1 N–H and O–H groups in total. The number of ether oxygens (including phenoxy) is 1. The Morgan fingerprint density at radius 3 is 2.78 bits per heavy atom. The van der Waals surface area contributed by atoms with Crippen molar-refractivity contribution < 1.29 is 17.9 Å². The van der Waals surface area contributed by atoms with Crippen molar-refractivity contribution in [1.29, 1.82) is 5.26 Å². The number of halogens is 3. The molecular weight excluding hydrogens is 245 g/mol. The van der Waals surface area contributed by atoms with Crippen LogP contribution in [0.3, 0.4) is 0 Å². The Bertz CT molecular complexity index is 426. The molecule has 0 saturated heterocycles. The van der Waals surface area contributed by atoms with Gasteiger partial charge in [-0.1, -0.05) is 12.1 Å². The van der Waals surface area contributed by atoms with Crippen LogP contribution in [0.2, 0.25) is 0 Å². The summed E-state index contributed by atoms with van der Waals surface area (Å²) in [6, 6.07) is 7.80. The number of nitrogens with zero attached hydrogens (tertiary/aromatic N) is 1. The summed E-state index contributed by atoms with van der Waals surface area (Å²) in [5, 5.41) is 11.6. The zero-order chi connectivity index (χ0) is 13.6. The molecule has 18 heavy (non-hydrogen) atoms. The van der Waals surface area contributed by atoms with Crippen LogP contribution in [-0.2, 0) is 6.54 Å². The van der Waals surface area contributed by atoms with E-state index in [0.29, 0.717) is 18.7 Å². The molecule has 0 heterocycles. The van der Waals surface area contributed by atoms with E-state index in [1.54, 1.807) is 13.0 Å². The molecule has 98 valence electrons. The fourth-order valence-electron chi connectivity index (χ4n) is 1.33. The summed E-state index contributed by atoms with van der Waals surface area (Å²) in [6.07, 6.45) is -4.68. The summed E-state index contributed by atoms with van der Waals surface area (Å²) in [5.74, 6) is -0.380. The third-order valence-corrected chi connectivity index (χ3v) is 2.13. The molecule has 0 bridgehead atoms. The fraction of sp³-hybridized carbons (Fsp3) is 0.417. The summed E-state index contributed by atoms with van der Waals surface area (Å²) in [6.45, 7) is 2.64. The Morgan fingerprint density at radius 2 is 2.17 bits per heavy atom. The van der Waals surface area contributed by atoms with Crippen LogP contribution >= 0.6 is 0 Å². The maximum absolute atomic E-state index is 12.0. The van der Waals surface area contributed by atoms with Gasteiger partial charge in [0.15, 0.2) is 0 Å². The molecule has 1 unspecified atom stereocenters. The molecule has 1 aromatic rings. The molecule has 3 nitrogen and oxygen atoms in total. The first-order valence-electron chi connectivity index (χ1n) is 5.36. The van der Waals surface area contributed by atoms with Crippen LogP contribution < -0.4 is 10.1 Å². The van der Waals surface area contributed by atoms with Crippen LogP contribution in [0.5, 0.6) is 5.75 Å². The van der Waals surface area contributed by atoms with Gasteiger partial charge in [0.2, 0.25) is 0 Å². The van der Waals surface area contributed by atoms with Gasteiger partial charge in [0, 0.05) is 13.1 Å². The maximum Gasteiger partial charge on any atom is 0.573 e. The Balaban J connectivity index is 2.52. The molecule has 0 aliphatic heterocycles. The second-order valence-electron chi connectivity index (χ2n) is 3.86. The third-order valence-electron chi connectivity index (χ3n) is 2.13. The number of nitrogens with one attached hydrogen (secondary N) is 1. The molecular formula is C12H13F3N2O. The quantitative estimate of drug-likeness (QED) is 0.883. The molecule has 1 atom stereocenters. The van der Waals surface area contributed by atoms with Gasteiger partial charge in [-0.3, -0.25) is 0 Å². The van der Waals surface area contributed by atoms with Crippen LogP contribution in [0, 0.1) is 17.2 Å². The smallest absolute Gasteiger partial charge is 0.406 e. The van der Waals surface area contributed by atoms with Crippen molar-refractivity contribution in [2.75, 3.05) is 6.54 Å². The van der Waals surface area contributed by atoms with Gasteiger partial charge in [-0.25, -0.2) is 0 Å². The molecule has 0 amide bonds. The molecule has 0 aliphatic carbocycles. The topological polar surface area (TPSA) is 45.0 Å². The van der Waals surface area contributed by atoms with E-state index in [0.717, 1.165) is 0 Å². The second kappa shape index (κ2) is 6.26. The Labute approximate surface area is 103 Å². The largest absolute Gasteiger partial charge is 0.573 e. The van der Waals surface area contributed by atoms with Gasteiger partial charge in [-0.05, 0) is 24.6 Å². The molecule has 0 aliphatic rings. The minimum absolute atomic E-state index is 0.139. The van der Waals surface area contributed by atoms with Crippen LogP contribution in [-0.4, -0.2) is 12.9 Å². The average molecular weight is 258 g/mol. The SMILES string of the molecule is CC(C#N)CNCc1cccc(OC(F)(F)F)c1. The highest BCUT2D eigenvalue weighted by Gasteiger charge is 2.31. The predicted molar refractivity (Wildman–Crippen MR) is 59.6 cm³/mol. The zero-order valence-corrected chi connectivity index (χ0v) is 9.79. The first-order chi connectivity index (χ1) is 8.40. The number of nitriles is 1. The summed E-state index contributed by atoms with van der Waals surface area (Å²) < 4.78 is 39.8. The standard InChI is InChI=1S/C12H13F3N2O/c1-9(6-16)7-17-8-10-3-2-4-11(5-10)18-12(13,14)15/h2-5,9,17H,7-8H2,1H3. The fourth-order valence-corrected chi connectivity index (χ4v) is 1.33. The number of hydrogen-bond donors (Lipinski definition) is 1. The first kappa shape index (κ1) is 14.3. The normalized spacial score (nSPS) is 12.8. The Hall–Kier alpha value is -1.74. The van der Waals surface area contributed by atoms with Crippen molar-refractivity contribution in [3.8, 4) is 11.8 Å². The summed E-state index contributed by atoms with van der Waals surface area (Å²) >= 11 is 0. The lowest BCUT2D eigenvalue weighted by molar-refractivity contribution is -0.274. The minimum atomic E-state index is -4.68. The van der Waals surface area contributed by atoms with Crippen molar-refractivity contribution in [1.82, 2.24) is 5.32 Å². The molecule has 6 heteroatoms. The predicted octanol–water partition coefficient (Wildman–Crippen LogP) is 2.83. The van der Waals surface area contributed by atoms with E-state index in [2.05, 4.69) is 16.1 Å². The molecule has 1 rings (SSSR count). The number of alkyl halides is 3. The van der Waals surface area contributed by atoms with Gasteiger partial charge in [-0.2, -0.15) is 5.26 Å². The lowest BCUT2D eigenvalue weighted by Gasteiger charge is -2.10. The first-order valence-corrected chi connectivity index (χ1v) is 5.36. The molecule has 0 fully saturated rings. The van der Waals surface area contributed by atoms with Crippen LogP contribution in [0.15, 0.2) is 24.3 Å². The van der Waals surface area contributed by atoms with Gasteiger partial charge >= 0.3 is 6.36 Å². The van der Waals surface area contributed by atoms with E-state index in [9.17, 15) is 13.2 Å². The lowest BCUT2D eigenvalue weighted by Crippen LogP contribution is -2.20. The summed E-state index contributed by atoms with van der Waals surface area (Å²) in [7, 11) is 0. The highest BCUT2D eigenvalue weighted by Crippen LogP contribution is 2.23. The van der Waals surface area contributed by atoms with Gasteiger partial charge < -0.3 is 10.1 Å². The van der Waals surface area contributed by atoms with Gasteiger partial charge in [0.1, 0.15) is 5.75 Å². The van der Waals surface area contributed by atoms with E-state index in [4.69, 9.17) is 5.26 Å².